The number of hydrogen-bond acceptors (Lipinski definition) is 8. The van der Waals surface area contributed by atoms with E-state index in [2.05, 4.69) is 15.4 Å². The largest absolute Gasteiger partial charge is 0.497 e. The molecule has 0 unspecified atom stereocenters. The molecule has 0 radical (unpaired) electrons. The Morgan fingerprint density at radius 3 is 2.29 bits per heavy atom. The average molecular weight is 717 g/mol. The number of methoxy groups -OCH3 is 1. The van der Waals surface area contributed by atoms with Crippen molar-refractivity contribution in [3.8, 4) is 5.75 Å². The van der Waals surface area contributed by atoms with E-state index in [1.54, 1.807) is 36.3 Å². The van der Waals surface area contributed by atoms with Crippen LogP contribution in [0.1, 0.15) is 36.8 Å². The first-order valence-electron chi connectivity index (χ1n) is 17.0. The molecule has 0 spiro atoms. The SMILES string of the molecule is COc1ccc2ccc(S(=O)(=O)N[C@H](COCc3ccccc3)C(=O)N3CCC[C@H]3CNC(=O)CCCNC(=O)OCc3ccccc3)cc2c1. The standard InChI is InChI=1S/C38H44N4O8S/c1-48-33-18-16-30-17-19-34(23-31(30)22-33)51(46,47)41-35(27-49-25-28-10-4-2-5-11-28)37(44)42-21-9-14-32(42)24-40-36(43)15-8-20-39-38(45)50-26-29-12-6-3-7-13-29/h2-7,10-13,16-19,22-23,32,35,41H,8-9,14-15,20-21,24-27H2,1H3,(H,39,45)(H,40,43)/t32-,35+/m0/s1. The van der Waals surface area contributed by atoms with Gasteiger partial charge in [0.05, 0.1) is 25.2 Å². The summed E-state index contributed by atoms with van der Waals surface area (Å²) in [6.07, 6.45) is 1.38. The first-order valence-corrected chi connectivity index (χ1v) is 18.4. The van der Waals surface area contributed by atoms with Crippen LogP contribution in [-0.2, 0) is 42.3 Å². The molecule has 0 saturated carbocycles. The summed E-state index contributed by atoms with van der Waals surface area (Å²) in [5.41, 5.74) is 1.76. The van der Waals surface area contributed by atoms with E-state index in [9.17, 15) is 22.8 Å². The fourth-order valence-corrected chi connectivity index (χ4v) is 7.06. The Morgan fingerprint density at radius 1 is 0.863 bits per heavy atom. The second-order valence-electron chi connectivity index (χ2n) is 12.3. The molecule has 13 heteroatoms. The predicted molar refractivity (Wildman–Crippen MR) is 192 cm³/mol. The second kappa shape index (κ2) is 18.3. The maximum atomic E-state index is 14.0. The summed E-state index contributed by atoms with van der Waals surface area (Å²) in [6.45, 7) is 1.07. The van der Waals surface area contributed by atoms with Gasteiger partial charge in [0.1, 0.15) is 18.4 Å². The Kier molecular flexibility index (Phi) is 13.4. The Bertz CT molecular complexity index is 1880. The Morgan fingerprint density at radius 2 is 1.57 bits per heavy atom. The van der Waals surface area contributed by atoms with Gasteiger partial charge >= 0.3 is 6.09 Å². The molecule has 0 aliphatic carbocycles. The van der Waals surface area contributed by atoms with Crippen molar-refractivity contribution in [1.82, 2.24) is 20.3 Å². The second-order valence-corrected chi connectivity index (χ2v) is 14.0. The number of benzene rings is 4. The van der Waals surface area contributed by atoms with Gasteiger partial charge in [-0.3, -0.25) is 9.59 Å². The van der Waals surface area contributed by atoms with E-state index >= 15 is 0 Å². The van der Waals surface area contributed by atoms with Crippen LogP contribution in [0.2, 0.25) is 0 Å². The van der Waals surface area contributed by atoms with Crippen LogP contribution < -0.4 is 20.1 Å². The highest BCUT2D eigenvalue weighted by atomic mass is 32.2. The molecule has 1 heterocycles. The fourth-order valence-electron chi connectivity index (χ4n) is 5.85. The van der Waals surface area contributed by atoms with Crippen molar-refractivity contribution in [2.75, 3.05) is 33.4 Å². The molecule has 3 N–H and O–H groups in total. The Hall–Kier alpha value is -4.98. The van der Waals surface area contributed by atoms with Crippen molar-refractivity contribution in [3.05, 3.63) is 108 Å². The van der Waals surface area contributed by atoms with Crippen molar-refractivity contribution >= 4 is 38.7 Å². The van der Waals surface area contributed by atoms with E-state index in [0.29, 0.717) is 36.9 Å². The van der Waals surface area contributed by atoms with Crippen LogP contribution >= 0.6 is 0 Å². The van der Waals surface area contributed by atoms with Gasteiger partial charge in [0, 0.05) is 32.1 Å². The van der Waals surface area contributed by atoms with Gasteiger partial charge in [0.25, 0.3) is 0 Å². The third kappa shape index (κ3) is 11.0. The number of hydrogen-bond donors (Lipinski definition) is 3. The molecular formula is C38H44N4O8S. The molecule has 1 saturated heterocycles. The quantitative estimate of drug-likeness (QED) is 0.135. The Labute approximate surface area is 298 Å². The lowest BCUT2D eigenvalue weighted by Crippen LogP contribution is -2.53. The molecule has 3 amide bonds. The summed E-state index contributed by atoms with van der Waals surface area (Å²) in [4.78, 5) is 40.2. The number of carbonyl (C=O) groups excluding carboxylic acids is 3. The van der Waals surface area contributed by atoms with Crippen LogP contribution in [-0.4, -0.2) is 76.7 Å². The molecule has 1 fully saturated rings. The van der Waals surface area contributed by atoms with E-state index in [4.69, 9.17) is 14.2 Å². The third-order valence-corrected chi connectivity index (χ3v) is 10.0. The number of ether oxygens (including phenoxy) is 3. The average Bonchev–Trinajstić information content (AvgIpc) is 3.63. The predicted octanol–water partition coefficient (Wildman–Crippen LogP) is 4.53. The number of nitrogens with zero attached hydrogens (tertiary/aromatic N) is 1. The number of carbonyl (C=O) groups is 3. The minimum absolute atomic E-state index is 0.00768. The van der Waals surface area contributed by atoms with Crippen LogP contribution in [0.5, 0.6) is 5.75 Å². The minimum atomic E-state index is -4.15. The van der Waals surface area contributed by atoms with Crippen LogP contribution in [0.3, 0.4) is 0 Å². The van der Waals surface area contributed by atoms with Crippen molar-refractivity contribution in [3.63, 3.8) is 0 Å². The van der Waals surface area contributed by atoms with Gasteiger partial charge in [0.15, 0.2) is 0 Å². The van der Waals surface area contributed by atoms with Crippen LogP contribution in [0.15, 0.2) is 102 Å². The summed E-state index contributed by atoms with van der Waals surface area (Å²) >= 11 is 0. The van der Waals surface area contributed by atoms with Gasteiger partial charge in [-0.2, -0.15) is 4.72 Å². The van der Waals surface area contributed by atoms with Crippen LogP contribution in [0.25, 0.3) is 10.8 Å². The van der Waals surface area contributed by atoms with Crippen molar-refractivity contribution in [2.24, 2.45) is 0 Å². The summed E-state index contributed by atoms with van der Waals surface area (Å²) < 4.78 is 46.4. The highest BCUT2D eigenvalue weighted by molar-refractivity contribution is 7.89. The molecule has 2 atom stereocenters. The lowest BCUT2D eigenvalue weighted by atomic mass is 10.1. The molecule has 4 aromatic rings. The zero-order chi connectivity index (χ0) is 36.1. The fraction of sp³-hybridized carbons (Fsp3) is 0.342. The highest BCUT2D eigenvalue weighted by Gasteiger charge is 2.36. The van der Waals surface area contributed by atoms with Gasteiger partial charge in [-0.05, 0) is 65.4 Å². The lowest BCUT2D eigenvalue weighted by molar-refractivity contribution is -0.136. The monoisotopic (exact) mass is 716 g/mol. The first-order chi connectivity index (χ1) is 24.7. The van der Waals surface area contributed by atoms with E-state index < -0.39 is 28.1 Å². The van der Waals surface area contributed by atoms with E-state index in [0.717, 1.165) is 16.5 Å². The molecule has 0 bridgehead atoms. The number of sulfonamides is 1. The number of nitrogens with one attached hydrogen (secondary N) is 3. The topological polar surface area (TPSA) is 152 Å². The van der Waals surface area contributed by atoms with Gasteiger partial charge in [0.2, 0.25) is 21.8 Å². The first kappa shape index (κ1) is 37.3. The molecule has 5 rings (SSSR count). The molecule has 270 valence electrons. The summed E-state index contributed by atoms with van der Waals surface area (Å²) in [5.74, 6) is -0.0513. The summed E-state index contributed by atoms with van der Waals surface area (Å²) in [6, 6.07) is 27.4. The molecule has 4 aromatic carbocycles. The van der Waals surface area contributed by atoms with E-state index in [1.807, 2.05) is 66.7 Å². The number of amides is 3. The molecule has 12 nitrogen and oxygen atoms in total. The molecule has 1 aliphatic heterocycles. The number of fused-ring (bicyclic) bond motifs is 1. The van der Waals surface area contributed by atoms with E-state index in [-0.39, 0.29) is 56.2 Å². The minimum Gasteiger partial charge on any atom is -0.497 e. The summed E-state index contributed by atoms with van der Waals surface area (Å²) in [7, 11) is -2.61. The van der Waals surface area contributed by atoms with Crippen LogP contribution in [0, 0.1) is 0 Å². The highest BCUT2D eigenvalue weighted by Crippen LogP contribution is 2.25. The van der Waals surface area contributed by atoms with Crippen molar-refractivity contribution in [2.45, 2.75) is 55.9 Å². The van der Waals surface area contributed by atoms with Crippen molar-refractivity contribution in [1.29, 1.82) is 0 Å². The zero-order valence-electron chi connectivity index (χ0n) is 28.6. The van der Waals surface area contributed by atoms with Crippen LogP contribution in [0.4, 0.5) is 4.79 Å². The Balaban J connectivity index is 1.16. The van der Waals surface area contributed by atoms with E-state index in [1.165, 1.54) is 6.07 Å². The smallest absolute Gasteiger partial charge is 0.407 e. The maximum Gasteiger partial charge on any atom is 0.407 e. The molecular weight excluding hydrogens is 673 g/mol. The molecule has 1 aliphatic rings. The van der Waals surface area contributed by atoms with Crippen molar-refractivity contribution < 1.29 is 37.0 Å². The maximum absolute atomic E-state index is 14.0. The summed E-state index contributed by atoms with van der Waals surface area (Å²) in [5, 5.41) is 7.05. The zero-order valence-corrected chi connectivity index (χ0v) is 29.4. The number of alkyl carbamates (subject to hydrolysis) is 1. The molecule has 51 heavy (non-hydrogen) atoms. The molecule has 0 aromatic heterocycles. The number of rotatable bonds is 17. The van der Waals surface area contributed by atoms with Gasteiger partial charge in [-0.25, -0.2) is 13.2 Å². The lowest BCUT2D eigenvalue weighted by Gasteiger charge is -2.29. The van der Waals surface area contributed by atoms with Gasteiger partial charge < -0.3 is 29.7 Å². The number of likely N-dealkylation sites (tertiary alicyclic amines) is 1. The van der Waals surface area contributed by atoms with Gasteiger partial charge in [-0.1, -0.05) is 72.8 Å². The normalized spacial score (nSPS) is 14.9. The third-order valence-electron chi connectivity index (χ3n) is 8.58. The van der Waals surface area contributed by atoms with Gasteiger partial charge in [-0.15, -0.1) is 0 Å².